The van der Waals surface area contributed by atoms with Gasteiger partial charge in [-0.2, -0.15) is 0 Å². The van der Waals surface area contributed by atoms with Crippen molar-refractivity contribution in [3.05, 3.63) is 65.7 Å². The molecule has 4 atom stereocenters. The van der Waals surface area contributed by atoms with Gasteiger partial charge in [-0.25, -0.2) is 0 Å². The Morgan fingerprint density at radius 3 is 2.68 bits per heavy atom. The average Bonchev–Trinajstić information content (AvgIpc) is 2.84. The molecule has 184 valence electrons. The first-order valence-electron chi connectivity index (χ1n) is 12.8. The molecule has 2 fully saturated rings. The molecule has 1 aliphatic carbocycles. The van der Waals surface area contributed by atoms with E-state index in [2.05, 4.69) is 42.3 Å². The number of hydrogen-bond acceptors (Lipinski definition) is 4. The highest BCUT2D eigenvalue weighted by Crippen LogP contribution is 2.50. The summed E-state index contributed by atoms with van der Waals surface area (Å²) in [6, 6.07) is 18.1. The molecule has 1 saturated carbocycles. The fraction of sp³-hybridized carbons (Fsp3) is 0.552. The average molecular weight is 465 g/mol. The number of carbonyl (C=O) groups is 1. The zero-order valence-electron chi connectivity index (χ0n) is 20.7. The smallest absolute Gasteiger partial charge is 0.222 e. The van der Waals surface area contributed by atoms with E-state index < -0.39 is 6.10 Å². The van der Waals surface area contributed by atoms with Gasteiger partial charge in [0, 0.05) is 37.4 Å². The summed E-state index contributed by atoms with van der Waals surface area (Å²) in [5.74, 6) is 0.543. The van der Waals surface area contributed by atoms with Gasteiger partial charge in [0.2, 0.25) is 5.91 Å². The molecule has 0 radical (unpaired) electrons. The minimum atomic E-state index is -0.468. The number of amides is 1. The summed E-state index contributed by atoms with van der Waals surface area (Å²) in [6.45, 7) is 1.79. The number of aryl methyl sites for hydroxylation is 1. The molecule has 2 aliphatic rings. The third-order valence-corrected chi connectivity index (χ3v) is 8.30. The third kappa shape index (κ3) is 5.47. The second kappa shape index (κ2) is 10.9. The van der Waals surface area contributed by atoms with Crippen LogP contribution in [0.1, 0.15) is 56.1 Å². The van der Waals surface area contributed by atoms with Crippen molar-refractivity contribution in [2.75, 3.05) is 27.2 Å². The van der Waals surface area contributed by atoms with Crippen LogP contribution < -0.4 is 0 Å². The first-order chi connectivity index (χ1) is 16.4. The predicted molar refractivity (Wildman–Crippen MR) is 136 cm³/mol. The Kier molecular flexibility index (Phi) is 7.95. The summed E-state index contributed by atoms with van der Waals surface area (Å²) in [5.41, 5.74) is 2.22. The van der Waals surface area contributed by atoms with Gasteiger partial charge < -0.3 is 20.0 Å². The molecule has 34 heavy (non-hydrogen) atoms. The summed E-state index contributed by atoms with van der Waals surface area (Å²) >= 11 is 0. The van der Waals surface area contributed by atoms with Gasteiger partial charge in [0.1, 0.15) is 5.75 Å². The quantitative estimate of drug-likeness (QED) is 0.570. The van der Waals surface area contributed by atoms with Crippen LogP contribution in [0.2, 0.25) is 0 Å². The largest absolute Gasteiger partial charge is 0.508 e. The summed E-state index contributed by atoms with van der Waals surface area (Å²) in [7, 11) is 4.02. The van der Waals surface area contributed by atoms with E-state index in [0.717, 1.165) is 57.2 Å². The number of aliphatic hydroxyl groups excluding tert-OH is 1. The Labute approximate surface area is 204 Å². The highest BCUT2D eigenvalue weighted by molar-refractivity contribution is 5.76. The fourth-order valence-electron chi connectivity index (χ4n) is 6.26. The maximum absolute atomic E-state index is 13.1. The molecule has 5 heteroatoms. The van der Waals surface area contributed by atoms with Crippen LogP contribution in [0.15, 0.2) is 54.6 Å². The Hall–Kier alpha value is -2.37. The van der Waals surface area contributed by atoms with Crippen LogP contribution in [-0.4, -0.2) is 65.3 Å². The molecule has 1 saturated heterocycles. The van der Waals surface area contributed by atoms with Gasteiger partial charge in [0.05, 0.1) is 6.10 Å². The normalized spacial score (nSPS) is 27.2. The number of aliphatic hydroxyl groups is 1. The van der Waals surface area contributed by atoms with Gasteiger partial charge >= 0.3 is 0 Å². The molecule has 5 nitrogen and oxygen atoms in total. The Balaban J connectivity index is 1.39. The molecule has 4 rings (SSSR count). The van der Waals surface area contributed by atoms with E-state index in [-0.39, 0.29) is 29.0 Å². The number of phenolic OH excluding ortho intramolecular Hbond substituents is 1. The second-order valence-electron chi connectivity index (χ2n) is 10.5. The molecule has 0 bridgehead atoms. The van der Waals surface area contributed by atoms with Gasteiger partial charge in [-0.3, -0.25) is 4.79 Å². The van der Waals surface area contributed by atoms with E-state index in [1.54, 1.807) is 6.07 Å². The lowest BCUT2D eigenvalue weighted by atomic mass is 9.57. The number of unbranched alkanes of at least 4 members (excludes halogenated alkanes) is 2. The molecule has 2 N–H and O–H groups in total. The van der Waals surface area contributed by atoms with Crippen LogP contribution in [0.4, 0.5) is 0 Å². The monoisotopic (exact) mass is 464 g/mol. The highest BCUT2D eigenvalue weighted by Gasteiger charge is 2.52. The van der Waals surface area contributed by atoms with Crippen molar-refractivity contribution in [2.45, 2.75) is 68.9 Å². The van der Waals surface area contributed by atoms with Crippen molar-refractivity contribution in [3.63, 3.8) is 0 Å². The van der Waals surface area contributed by atoms with Crippen molar-refractivity contribution in [1.82, 2.24) is 9.80 Å². The van der Waals surface area contributed by atoms with Gasteiger partial charge in [-0.15, -0.1) is 0 Å². The maximum Gasteiger partial charge on any atom is 0.222 e. The summed E-state index contributed by atoms with van der Waals surface area (Å²) in [4.78, 5) is 17.3. The summed E-state index contributed by atoms with van der Waals surface area (Å²) in [6.07, 6.45) is 6.57. The van der Waals surface area contributed by atoms with E-state index in [0.29, 0.717) is 12.8 Å². The number of phenols is 1. The first kappa shape index (κ1) is 24.7. The van der Waals surface area contributed by atoms with Crippen molar-refractivity contribution in [3.8, 4) is 5.75 Å². The molecule has 1 amide bonds. The van der Waals surface area contributed by atoms with Gasteiger partial charge in [0.15, 0.2) is 0 Å². The molecule has 1 aliphatic heterocycles. The zero-order chi connectivity index (χ0) is 24.1. The van der Waals surface area contributed by atoms with E-state index >= 15 is 0 Å². The SMILES string of the molecule is CN1CC[C@@]2(c3cccc(O)c3)C[C@H](N(C)C(=O)CCCCCc3ccccc3)CC(O)[C@@H]2C1. The number of aromatic hydroxyl groups is 1. The number of nitrogens with zero attached hydrogens (tertiary/aromatic N) is 2. The maximum atomic E-state index is 13.1. The number of rotatable bonds is 8. The lowest BCUT2D eigenvalue weighted by Crippen LogP contribution is -2.60. The lowest BCUT2D eigenvalue weighted by Gasteiger charge is -2.55. The van der Waals surface area contributed by atoms with Crippen LogP contribution >= 0.6 is 0 Å². The molecule has 0 spiro atoms. The first-order valence-corrected chi connectivity index (χ1v) is 12.8. The topological polar surface area (TPSA) is 64.0 Å². The second-order valence-corrected chi connectivity index (χ2v) is 10.5. The van der Waals surface area contributed by atoms with Crippen LogP contribution in [0.5, 0.6) is 5.75 Å². The molecule has 2 aromatic rings. The Morgan fingerprint density at radius 1 is 1.12 bits per heavy atom. The number of likely N-dealkylation sites (tertiary alicyclic amines) is 1. The van der Waals surface area contributed by atoms with Crippen molar-refractivity contribution in [2.24, 2.45) is 5.92 Å². The highest BCUT2D eigenvalue weighted by atomic mass is 16.3. The Bertz CT molecular complexity index is 949. The molecular formula is C29H40N2O3. The predicted octanol–water partition coefficient (Wildman–Crippen LogP) is 4.37. The molecule has 0 aromatic heterocycles. The van der Waals surface area contributed by atoms with Gasteiger partial charge in [-0.1, -0.05) is 48.9 Å². The number of hydrogen-bond donors (Lipinski definition) is 2. The van der Waals surface area contributed by atoms with E-state index in [1.807, 2.05) is 30.1 Å². The summed E-state index contributed by atoms with van der Waals surface area (Å²) < 4.78 is 0. The number of piperidine rings is 1. The molecular weight excluding hydrogens is 424 g/mol. The van der Waals surface area contributed by atoms with E-state index in [9.17, 15) is 15.0 Å². The van der Waals surface area contributed by atoms with Crippen molar-refractivity contribution >= 4 is 5.91 Å². The van der Waals surface area contributed by atoms with Crippen molar-refractivity contribution in [1.29, 1.82) is 0 Å². The van der Waals surface area contributed by atoms with E-state index in [4.69, 9.17) is 0 Å². The van der Waals surface area contributed by atoms with E-state index in [1.165, 1.54) is 5.56 Å². The van der Waals surface area contributed by atoms with Crippen LogP contribution in [0, 0.1) is 5.92 Å². The molecule has 1 heterocycles. The van der Waals surface area contributed by atoms with Crippen LogP contribution in [0.25, 0.3) is 0 Å². The lowest BCUT2D eigenvalue weighted by molar-refractivity contribution is -0.136. The minimum Gasteiger partial charge on any atom is -0.508 e. The standard InChI is InChI=1S/C29H40N2O3/c1-30-17-16-29(23-13-9-14-25(32)18-23)20-24(19-27(33)26(29)21-30)31(2)28(34)15-8-4-7-12-22-10-5-3-6-11-22/h3,5-6,9-11,13-14,18,24,26-27,32-33H,4,7-8,12,15-17,19-21H2,1-2H3/t24-,26+,27?,29+/m1/s1. The number of fused-ring (bicyclic) bond motifs is 1. The summed E-state index contributed by atoms with van der Waals surface area (Å²) in [5, 5.41) is 21.4. The van der Waals surface area contributed by atoms with Crippen LogP contribution in [0.3, 0.4) is 0 Å². The third-order valence-electron chi connectivity index (χ3n) is 8.30. The minimum absolute atomic E-state index is 0.00817. The van der Waals surface area contributed by atoms with Gasteiger partial charge in [0.25, 0.3) is 0 Å². The van der Waals surface area contributed by atoms with Crippen LogP contribution in [-0.2, 0) is 16.6 Å². The fourth-order valence-corrected chi connectivity index (χ4v) is 6.26. The van der Waals surface area contributed by atoms with Crippen molar-refractivity contribution < 1.29 is 15.0 Å². The van der Waals surface area contributed by atoms with Gasteiger partial charge in [-0.05, 0) is 75.4 Å². The number of benzene rings is 2. The molecule has 1 unspecified atom stereocenters. The Morgan fingerprint density at radius 2 is 1.91 bits per heavy atom. The number of carbonyl (C=O) groups excluding carboxylic acids is 1. The zero-order valence-corrected chi connectivity index (χ0v) is 20.7. The molecule has 2 aromatic carbocycles.